The quantitative estimate of drug-likeness (QED) is 0.788. The SMILES string of the molecule is NC(=O)c1cccc2c1CCCN2Cc1cc(=O)n2ccsc2n1. The van der Waals surface area contributed by atoms with Gasteiger partial charge in [-0.15, -0.1) is 11.3 Å². The number of anilines is 1. The lowest BCUT2D eigenvalue weighted by atomic mass is 9.96. The first kappa shape index (κ1) is 14.9. The van der Waals surface area contributed by atoms with Crippen molar-refractivity contribution < 1.29 is 4.79 Å². The van der Waals surface area contributed by atoms with Gasteiger partial charge in [0.15, 0.2) is 4.96 Å². The molecule has 4 rings (SSSR count). The molecule has 7 heteroatoms. The first-order valence-electron chi connectivity index (χ1n) is 7.76. The molecule has 3 aromatic rings. The average Bonchev–Trinajstić information content (AvgIpc) is 3.03. The van der Waals surface area contributed by atoms with Gasteiger partial charge in [0.25, 0.3) is 5.56 Å². The molecule has 0 fully saturated rings. The van der Waals surface area contributed by atoms with Crippen molar-refractivity contribution in [1.29, 1.82) is 0 Å². The summed E-state index contributed by atoms with van der Waals surface area (Å²) < 4.78 is 1.55. The number of rotatable bonds is 3. The summed E-state index contributed by atoms with van der Waals surface area (Å²) in [7, 11) is 0. The van der Waals surface area contributed by atoms with Crippen LogP contribution in [0, 0.1) is 0 Å². The molecule has 1 amide bonds. The maximum absolute atomic E-state index is 12.1. The summed E-state index contributed by atoms with van der Waals surface area (Å²) in [6.07, 6.45) is 3.51. The van der Waals surface area contributed by atoms with Crippen molar-refractivity contribution in [3.63, 3.8) is 0 Å². The molecule has 0 unspecified atom stereocenters. The highest BCUT2D eigenvalue weighted by Gasteiger charge is 2.22. The topological polar surface area (TPSA) is 80.7 Å². The largest absolute Gasteiger partial charge is 0.366 e. The van der Waals surface area contributed by atoms with E-state index in [1.54, 1.807) is 22.7 Å². The molecule has 3 heterocycles. The fraction of sp³-hybridized carbons (Fsp3) is 0.235. The first-order chi connectivity index (χ1) is 11.6. The van der Waals surface area contributed by atoms with Crippen LogP contribution < -0.4 is 16.2 Å². The lowest BCUT2D eigenvalue weighted by Crippen LogP contribution is -2.31. The van der Waals surface area contributed by atoms with Crippen LogP contribution in [0.25, 0.3) is 4.96 Å². The van der Waals surface area contributed by atoms with E-state index in [1.807, 2.05) is 17.5 Å². The van der Waals surface area contributed by atoms with Gasteiger partial charge in [0.1, 0.15) is 0 Å². The fourth-order valence-corrected chi connectivity index (χ4v) is 4.00. The van der Waals surface area contributed by atoms with E-state index in [-0.39, 0.29) is 5.56 Å². The third kappa shape index (κ3) is 2.46. The molecule has 0 atom stereocenters. The van der Waals surface area contributed by atoms with Crippen LogP contribution in [0.15, 0.2) is 40.6 Å². The Morgan fingerprint density at radius 3 is 3.08 bits per heavy atom. The number of aromatic nitrogens is 2. The summed E-state index contributed by atoms with van der Waals surface area (Å²) in [5, 5.41) is 1.85. The van der Waals surface area contributed by atoms with Crippen molar-refractivity contribution in [3.8, 4) is 0 Å². The Hall–Kier alpha value is -2.67. The zero-order valence-corrected chi connectivity index (χ0v) is 13.8. The van der Waals surface area contributed by atoms with Gasteiger partial charge in [-0.05, 0) is 30.5 Å². The summed E-state index contributed by atoms with van der Waals surface area (Å²) in [4.78, 5) is 31.2. The van der Waals surface area contributed by atoms with Gasteiger partial charge in [-0.3, -0.25) is 14.0 Å². The van der Waals surface area contributed by atoms with Crippen molar-refractivity contribution in [1.82, 2.24) is 9.38 Å². The van der Waals surface area contributed by atoms with Crippen LogP contribution in [-0.2, 0) is 13.0 Å². The summed E-state index contributed by atoms with van der Waals surface area (Å²) in [5.74, 6) is -0.398. The van der Waals surface area contributed by atoms with E-state index in [2.05, 4.69) is 9.88 Å². The lowest BCUT2D eigenvalue weighted by molar-refractivity contribution is 0.0999. The lowest BCUT2D eigenvalue weighted by Gasteiger charge is -2.32. The molecule has 0 radical (unpaired) electrons. The molecule has 2 aromatic heterocycles. The monoisotopic (exact) mass is 340 g/mol. The van der Waals surface area contributed by atoms with Gasteiger partial charge in [-0.1, -0.05) is 6.07 Å². The number of nitrogens with zero attached hydrogens (tertiary/aromatic N) is 3. The van der Waals surface area contributed by atoms with Crippen molar-refractivity contribution in [2.45, 2.75) is 19.4 Å². The summed E-state index contributed by atoms with van der Waals surface area (Å²) in [6.45, 7) is 1.40. The van der Waals surface area contributed by atoms with E-state index in [0.717, 1.165) is 36.3 Å². The minimum atomic E-state index is -0.398. The van der Waals surface area contributed by atoms with Gasteiger partial charge in [0.2, 0.25) is 5.91 Å². The third-order valence-corrected chi connectivity index (χ3v) is 5.08. The molecule has 6 nitrogen and oxygen atoms in total. The van der Waals surface area contributed by atoms with Crippen molar-refractivity contribution in [3.05, 3.63) is 63.0 Å². The minimum absolute atomic E-state index is 0.0700. The smallest absolute Gasteiger partial charge is 0.258 e. The standard InChI is InChI=1S/C17H16N4O2S/c18-16(23)13-3-1-5-14-12(13)4-2-6-20(14)10-11-9-15(22)21-7-8-24-17(21)19-11/h1,3,5,7-9H,2,4,6,10H2,(H2,18,23). The predicted molar refractivity (Wildman–Crippen MR) is 93.7 cm³/mol. The summed E-state index contributed by atoms with van der Waals surface area (Å²) in [5.41, 5.74) is 8.74. The number of benzene rings is 1. The van der Waals surface area contributed by atoms with Crippen molar-refractivity contribution >= 4 is 27.9 Å². The molecule has 24 heavy (non-hydrogen) atoms. The Bertz CT molecular complexity index is 992. The zero-order valence-electron chi connectivity index (χ0n) is 12.9. The van der Waals surface area contributed by atoms with Gasteiger partial charge >= 0.3 is 0 Å². The molecule has 0 saturated heterocycles. The molecule has 1 aliphatic heterocycles. The molecule has 122 valence electrons. The predicted octanol–water partition coefficient (Wildman–Crippen LogP) is 1.81. The average molecular weight is 340 g/mol. The zero-order chi connectivity index (χ0) is 16.7. The Morgan fingerprint density at radius 2 is 2.25 bits per heavy atom. The van der Waals surface area contributed by atoms with E-state index < -0.39 is 5.91 Å². The Morgan fingerprint density at radius 1 is 1.38 bits per heavy atom. The number of nitrogens with two attached hydrogens (primary N) is 1. The van der Waals surface area contributed by atoms with Gasteiger partial charge in [-0.2, -0.15) is 0 Å². The number of hydrogen-bond acceptors (Lipinski definition) is 5. The normalized spacial score (nSPS) is 13.9. The van der Waals surface area contributed by atoms with Crippen LogP contribution in [0.4, 0.5) is 5.69 Å². The van der Waals surface area contributed by atoms with Crippen LogP contribution in [0.5, 0.6) is 0 Å². The highest BCUT2D eigenvalue weighted by molar-refractivity contribution is 7.15. The number of thiazole rings is 1. The molecule has 0 spiro atoms. The molecule has 1 aromatic carbocycles. The molecule has 0 saturated carbocycles. The molecular weight excluding hydrogens is 324 g/mol. The number of fused-ring (bicyclic) bond motifs is 2. The highest BCUT2D eigenvalue weighted by atomic mass is 32.1. The fourth-order valence-electron chi connectivity index (χ4n) is 3.26. The van der Waals surface area contributed by atoms with E-state index in [9.17, 15) is 9.59 Å². The van der Waals surface area contributed by atoms with Crippen molar-refractivity contribution in [2.24, 2.45) is 5.73 Å². The highest BCUT2D eigenvalue weighted by Crippen LogP contribution is 2.30. The molecule has 0 bridgehead atoms. The van der Waals surface area contributed by atoms with Crippen LogP contribution in [-0.4, -0.2) is 21.8 Å². The van der Waals surface area contributed by atoms with Crippen molar-refractivity contribution in [2.75, 3.05) is 11.4 Å². The number of primary amides is 1. The van der Waals surface area contributed by atoms with Gasteiger partial charge < -0.3 is 10.6 Å². The van der Waals surface area contributed by atoms with E-state index in [1.165, 1.54) is 11.3 Å². The van der Waals surface area contributed by atoms with Gasteiger partial charge in [0, 0.05) is 35.4 Å². The molecule has 0 aliphatic carbocycles. The van der Waals surface area contributed by atoms with Gasteiger partial charge in [-0.25, -0.2) is 4.98 Å². The van der Waals surface area contributed by atoms with Crippen LogP contribution in [0.1, 0.15) is 28.0 Å². The van der Waals surface area contributed by atoms with Crippen LogP contribution in [0.3, 0.4) is 0 Å². The third-order valence-electron chi connectivity index (χ3n) is 4.32. The van der Waals surface area contributed by atoms with E-state index in [4.69, 9.17) is 5.73 Å². The number of carbonyl (C=O) groups excluding carboxylic acids is 1. The van der Waals surface area contributed by atoms with Crippen LogP contribution >= 0.6 is 11.3 Å². The Balaban J connectivity index is 1.72. The van der Waals surface area contributed by atoms with E-state index >= 15 is 0 Å². The Labute approximate surface area is 142 Å². The molecular formula is C17H16N4O2S. The number of carbonyl (C=O) groups is 1. The van der Waals surface area contributed by atoms with E-state index in [0.29, 0.717) is 17.1 Å². The van der Waals surface area contributed by atoms with Crippen LogP contribution in [0.2, 0.25) is 0 Å². The first-order valence-corrected chi connectivity index (χ1v) is 8.64. The number of amides is 1. The molecule has 2 N–H and O–H groups in total. The number of hydrogen-bond donors (Lipinski definition) is 1. The maximum Gasteiger partial charge on any atom is 0.258 e. The summed E-state index contributed by atoms with van der Waals surface area (Å²) >= 11 is 1.44. The minimum Gasteiger partial charge on any atom is -0.366 e. The maximum atomic E-state index is 12.1. The summed E-state index contributed by atoms with van der Waals surface area (Å²) in [6, 6.07) is 7.19. The second-order valence-corrected chi connectivity index (χ2v) is 6.71. The Kier molecular flexibility index (Phi) is 3.57. The second-order valence-electron chi connectivity index (χ2n) is 5.83. The van der Waals surface area contributed by atoms with Gasteiger partial charge in [0.05, 0.1) is 12.2 Å². The second kappa shape index (κ2) is 5.76. The molecule has 1 aliphatic rings.